The van der Waals surface area contributed by atoms with Crippen molar-refractivity contribution < 1.29 is 44.6 Å². The van der Waals surface area contributed by atoms with Crippen molar-refractivity contribution in [1.82, 2.24) is 0 Å². The molecule has 0 heterocycles. The molecular weight excluding hydrogens is 516 g/mol. The fourth-order valence-electron chi connectivity index (χ4n) is 8.82. The molecule has 0 aromatic rings. The maximum atomic E-state index is 12.9. The molecule has 0 amide bonds. The van der Waals surface area contributed by atoms with Crippen LogP contribution in [0.3, 0.4) is 0 Å². The molecule has 3 saturated carbocycles. The molecule has 5 N–H and O–H groups in total. The van der Waals surface area contributed by atoms with Crippen molar-refractivity contribution in [3.63, 3.8) is 0 Å². The van der Waals surface area contributed by atoms with Crippen LogP contribution in [0, 0.1) is 34.5 Å². The number of hydrogen-bond donors (Lipinski definition) is 5. The van der Waals surface area contributed by atoms with Crippen molar-refractivity contribution in [1.29, 1.82) is 0 Å². The zero-order valence-corrected chi connectivity index (χ0v) is 24.7. The molecule has 0 radical (unpaired) electrons. The second-order valence-electron chi connectivity index (χ2n) is 13.6. The molecule has 4 aliphatic rings. The van der Waals surface area contributed by atoms with E-state index in [0.717, 1.165) is 12.8 Å². The number of esters is 2. The van der Waals surface area contributed by atoms with Gasteiger partial charge in [-0.15, -0.1) is 0 Å². The summed E-state index contributed by atoms with van der Waals surface area (Å²) in [6, 6.07) is 0. The minimum Gasteiger partial charge on any atom is -0.465 e. The lowest BCUT2D eigenvalue weighted by Crippen LogP contribution is -2.80. The molecule has 40 heavy (non-hydrogen) atoms. The summed E-state index contributed by atoms with van der Waals surface area (Å²) in [5.74, 6) is -0.547. The Hall–Kier alpha value is -1.78. The van der Waals surface area contributed by atoms with E-state index in [1.54, 1.807) is 0 Å². The number of aliphatic hydroxyl groups is 5. The quantitative estimate of drug-likeness (QED) is 0.232. The van der Waals surface area contributed by atoms with Crippen molar-refractivity contribution in [3.8, 4) is 0 Å². The van der Waals surface area contributed by atoms with Gasteiger partial charge in [0.1, 0.15) is 30.0 Å². The summed E-state index contributed by atoms with van der Waals surface area (Å²) in [7, 11) is 0. The number of carbonyl (C=O) groups is 2. The lowest BCUT2D eigenvalue weighted by atomic mass is 9.42. The second-order valence-corrected chi connectivity index (χ2v) is 13.6. The summed E-state index contributed by atoms with van der Waals surface area (Å²) >= 11 is 0. The number of rotatable bonds is 7. The van der Waals surface area contributed by atoms with Gasteiger partial charge in [0.05, 0.1) is 17.6 Å². The Bertz CT molecular complexity index is 1050. The third-order valence-corrected chi connectivity index (χ3v) is 10.7. The molecule has 0 spiro atoms. The third-order valence-electron chi connectivity index (χ3n) is 10.7. The predicted octanol–water partition coefficient (Wildman–Crippen LogP) is 2.42. The van der Waals surface area contributed by atoms with Crippen LogP contribution in [0.1, 0.15) is 80.1 Å². The minimum atomic E-state index is -2.17. The highest BCUT2D eigenvalue weighted by Gasteiger charge is 2.77. The van der Waals surface area contributed by atoms with Gasteiger partial charge in [-0.1, -0.05) is 45.9 Å². The van der Waals surface area contributed by atoms with Gasteiger partial charge in [0.15, 0.2) is 0 Å². The van der Waals surface area contributed by atoms with E-state index < -0.39 is 71.4 Å². The van der Waals surface area contributed by atoms with Crippen LogP contribution in [0.15, 0.2) is 23.8 Å². The average molecular weight is 565 g/mol. The molecule has 0 aliphatic heterocycles. The SMILES string of the molecule is CC(=O)OC[C@]12C[C@@H](O)[C@H](O)C[C@]1(O)[C@H](O)C=C1[C@@H]3CC[C@H]([C@H](C)/C=C/CC(C)C)[C@@]3(C)C[C@@H](OC(C)=O)[C@@]12O. The van der Waals surface area contributed by atoms with E-state index in [0.29, 0.717) is 17.9 Å². The van der Waals surface area contributed by atoms with Crippen LogP contribution >= 0.6 is 0 Å². The zero-order valence-electron chi connectivity index (χ0n) is 24.7. The van der Waals surface area contributed by atoms with E-state index in [-0.39, 0.29) is 30.6 Å². The van der Waals surface area contributed by atoms with Gasteiger partial charge in [-0.25, -0.2) is 0 Å². The van der Waals surface area contributed by atoms with E-state index in [2.05, 4.69) is 39.8 Å². The monoisotopic (exact) mass is 564 g/mol. The summed E-state index contributed by atoms with van der Waals surface area (Å²) in [4.78, 5) is 24.5. The highest BCUT2D eigenvalue weighted by Crippen LogP contribution is 2.69. The molecule has 0 aromatic carbocycles. The topological polar surface area (TPSA) is 154 Å². The van der Waals surface area contributed by atoms with Gasteiger partial charge in [-0.2, -0.15) is 0 Å². The molecular formula is C31H48O9. The first-order chi connectivity index (χ1) is 18.5. The smallest absolute Gasteiger partial charge is 0.303 e. The van der Waals surface area contributed by atoms with Crippen molar-refractivity contribution in [2.24, 2.45) is 34.5 Å². The van der Waals surface area contributed by atoms with Gasteiger partial charge in [0.25, 0.3) is 0 Å². The Morgan fingerprint density at radius 1 is 1.02 bits per heavy atom. The third kappa shape index (κ3) is 4.66. The van der Waals surface area contributed by atoms with Gasteiger partial charge >= 0.3 is 11.9 Å². The van der Waals surface area contributed by atoms with Crippen LogP contribution < -0.4 is 0 Å². The summed E-state index contributed by atoms with van der Waals surface area (Å²) in [6.07, 6.45) is 2.48. The van der Waals surface area contributed by atoms with Gasteiger partial charge in [0.2, 0.25) is 0 Å². The summed E-state index contributed by atoms with van der Waals surface area (Å²) in [5.41, 5.74) is -6.06. The molecule has 0 bridgehead atoms. The van der Waals surface area contributed by atoms with Crippen LogP contribution in [-0.4, -0.2) is 79.7 Å². The highest BCUT2D eigenvalue weighted by atomic mass is 16.6. The fourth-order valence-corrected chi connectivity index (χ4v) is 8.82. The first-order valence-corrected chi connectivity index (χ1v) is 14.7. The first-order valence-electron chi connectivity index (χ1n) is 14.7. The molecule has 9 heteroatoms. The normalized spacial score (nSPS) is 45.4. The Morgan fingerprint density at radius 3 is 2.27 bits per heavy atom. The van der Waals surface area contributed by atoms with E-state index in [1.165, 1.54) is 19.9 Å². The highest BCUT2D eigenvalue weighted by molar-refractivity contribution is 5.67. The van der Waals surface area contributed by atoms with Crippen molar-refractivity contribution in [2.75, 3.05) is 6.61 Å². The van der Waals surface area contributed by atoms with Crippen molar-refractivity contribution in [3.05, 3.63) is 23.8 Å². The second kappa shape index (κ2) is 10.8. The van der Waals surface area contributed by atoms with Crippen LogP contribution in [-0.2, 0) is 19.1 Å². The Kier molecular flexibility index (Phi) is 8.42. The minimum absolute atomic E-state index is 0.200. The van der Waals surface area contributed by atoms with Crippen LogP contribution in [0.25, 0.3) is 0 Å². The fraction of sp³-hybridized carbons (Fsp3) is 0.806. The molecule has 0 saturated heterocycles. The van der Waals surface area contributed by atoms with Crippen LogP contribution in [0.2, 0.25) is 0 Å². The van der Waals surface area contributed by atoms with Gasteiger partial charge in [0, 0.05) is 20.3 Å². The lowest BCUT2D eigenvalue weighted by molar-refractivity contribution is -0.313. The van der Waals surface area contributed by atoms with Crippen molar-refractivity contribution in [2.45, 2.75) is 116 Å². The molecule has 9 nitrogen and oxygen atoms in total. The molecule has 0 unspecified atom stereocenters. The predicted molar refractivity (Wildman–Crippen MR) is 147 cm³/mol. The molecule has 4 aliphatic carbocycles. The largest absolute Gasteiger partial charge is 0.465 e. The standard InChI is InChI=1S/C31H48O9/c1-17(2)8-7-9-18(3)21-10-11-22-23-12-26(36)30(37)14-25(35)24(34)13-29(30,16-39-19(4)32)31(23,38)27(40-20(5)33)15-28(21,22)6/h7,9,12,17-18,21-22,24-27,34-38H,8,10-11,13-16H2,1-6H3/b9-7+/t18-,21-,22+,24-,25-,26-,27-,28-,29-,30+,31+/m1/s1. The van der Waals surface area contributed by atoms with E-state index in [9.17, 15) is 35.1 Å². The molecule has 0 aromatic heterocycles. The Balaban J connectivity index is 1.88. The number of ether oxygens (including phenoxy) is 2. The summed E-state index contributed by atoms with van der Waals surface area (Å²) in [5, 5.41) is 57.9. The van der Waals surface area contributed by atoms with Gasteiger partial charge in [-0.05, 0) is 66.8 Å². The number of aliphatic hydroxyl groups excluding tert-OH is 3. The Labute approximate surface area is 237 Å². The number of hydrogen-bond acceptors (Lipinski definition) is 9. The lowest BCUT2D eigenvalue weighted by Gasteiger charge is -2.67. The maximum absolute atomic E-state index is 12.9. The molecule has 226 valence electrons. The van der Waals surface area contributed by atoms with E-state index >= 15 is 0 Å². The van der Waals surface area contributed by atoms with Gasteiger partial charge in [-0.3, -0.25) is 9.59 Å². The van der Waals surface area contributed by atoms with Crippen molar-refractivity contribution >= 4 is 11.9 Å². The molecule has 11 atom stereocenters. The maximum Gasteiger partial charge on any atom is 0.303 e. The summed E-state index contributed by atoms with van der Waals surface area (Å²) in [6.45, 7) is 10.6. The van der Waals surface area contributed by atoms with Crippen LogP contribution in [0.5, 0.6) is 0 Å². The summed E-state index contributed by atoms with van der Waals surface area (Å²) < 4.78 is 11.3. The number of fused-ring (bicyclic) bond motifs is 5. The number of carbonyl (C=O) groups excluding carboxylic acids is 2. The van der Waals surface area contributed by atoms with E-state index in [1.807, 2.05) is 0 Å². The van der Waals surface area contributed by atoms with Gasteiger partial charge < -0.3 is 35.0 Å². The average Bonchev–Trinajstić information content (AvgIpc) is 3.18. The zero-order chi connectivity index (χ0) is 29.8. The van der Waals surface area contributed by atoms with E-state index in [4.69, 9.17) is 9.47 Å². The molecule has 4 rings (SSSR count). The number of allylic oxidation sites excluding steroid dienone is 2. The Morgan fingerprint density at radius 2 is 1.68 bits per heavy atom. The molecule has 3 fully saturated rings. The van der Waals surface area contributed by atoms with Crippen LogP contribution in [0.4, 0.5) is 0 Å². The first kappa shape index (κ1) is 31.2.